The van der Waals surface area contributed by atoms with Gasteiger partial charge in [-0.1, -0.05) is 24.3 Å². The third-order valence-corrected chi connectivity index (χ3v) is 2.77. The van der Waals surface area contributed by atoms with Gasteiger partial charge in [0.05, 0.1) is 0 Å². The van der Waals surface area contributed by atoms with Gasteiger partial charge in [-0.25, -0.2) is 0 Å². The number of aromatic nitrogens is 1. The minimum Gasteiger partial charge on any atom is -0.353 e. The number of nitrogens with two attached hydrogens (primary N) is 1. The molecule has 0 bridgehead atoms. The molecule has 1 aromatic heterocycles. The van der Waals surface area contributed by atoms with E-state index in [1.54, 1.807) is 0 Å². The molecule has 2 heteroatoms. The minimum atomic E-state index is 0.586. The number of hydrogen-bond acceptors (Lipinski definition) is 1. The topological polar surface area (TPSA) is 30.9 Å². The zero-order chi connectivity index (χ0) is 10.8. The lowest BCUT2D eigenvalue weighted by atomic mass is 10.0. The van der Waals surface area contributed by atoms with E-state index in [0.29, 0.717) is 6.54 Å². The molecule has 1 heterocycles. The van der Waals surface area contributed by atoms with Crippen LogP contribution in [0.25, 0.3) is 11.1 Å². The van der Waals surface area contributed by atoms with E-state index in [-0.39, 0.29) is 0 Å². The molecule has 0 spiro atoms. The van der Waals surface area contributed by atoms with Gasteiger partial charge in [-0.3, -0.25) is 0 Å². The van der Waals surface area contributed by atoms with Crippen molar-refractivity contribution in [1.29, 1.82) is 0 Å². The van der Waals surface area contributed by atoms with Crippen LogP contribution < -0.4 is 5.73 Å². The number of rotatable bonds is 2. The fraction of sp³-hybridized carbons (Fsp3) is 0.231. The van der Waals surface area contributed by atoms with Crippen molar-refractivity contribution in [1.82, 2.24) is 4.57 Å². The van der Waals surface area contributed by atoms with Gasteiger partial charge in [-0.2, -0.15) is 0 Å². The van der Waals surface area contributed by atoms with E-state index in [4.69, 9.17) is 5.73 Å². The maximum atomic E-state index is 5.66. The van der Waals surface area contributed by atoms with Crippen LogP contribution in [0, 0.1) is 6.92 Å². The van der Waals surface area contributed by atoms with E-state index < -0.39 is 0 Å². The Morgan fingerprint density at radius 3 is 2.60 bits per heavy atom. The Bertz CT molecular complexity index is 469. The highest BCUT2D eigenvalue weighted by Crippen LogP contribution is 2.24. The van der Waals surface area contributed by atoms with Crippen molar-refractivity contribution < 1.29 is 0 Å². The highest BCUT2D eigenvalue weighted by molar-refractivity contribution is 5.67. The predicted octanol–water partition coefficient (Wildman–Crippen LogP) is 2.46. The van der Waals surface area contributed by atoms with Crippen LogP contribution in [0.2, 0.25) is 0 Å². The number of benzene rings is 1. The van der Waals surface area contributed by atoms with Crippen LogP contribution in [0.4, 0.5) is 0 Å². The maximum Gasteiger partial charge on any atom is 0.0334 e. The van der Waals surface area contributed by atoms with Gasteiger partial charge in [0, 0.05) is 25.5 Å². The molecule has 0 aliphatic carbocycles. The fourth-order valence-corrected chi connectivity index (χ4v) is 1.86. The van der Waals surface area contributed by atoms with E-state index in [0.717, 1.165) is 5.69 Å². The summed E-state index contributed by atoms with van der Waals surface area (Å²) in [6, 6.07) is 10.6. The van der Waals surface area contributed by atoms with Crippen LogP contribution in [0.15, 0.2) is 36.5 Å². The largest absolute Gasteiger partial charge is 0.353 e. The molecule has 2 aromatic rings. The molecule has 0 aliphatic rings. The standard InChI is InChI=1S/C13H16N2/c1-10-5-3-4-6-13(10)11-7-12(8-14)15(2)9-11/h3-7,9H,8,14H2,1-2H3. The molecule has 78 valence electrons. The molecular weight excluding hydrogens is 184 g/mol. The first kappa shape index (κ1) is 9.99. The molecule has 0 unspecified atom stereocenters. The van der Waals surface area contributed by atoms with Gasteiger partial charge in [-0.15, -0.1) is 0 Å². The third-order valence-electron chi connectivity index (χ3n) is 2.77. The Hall–Kier alpha value is -1.54. The monoisotopic (exact) mass is 200 g/mol. The Kier molecular flexibility index (Phi) is 2.60. The van der Waals surface area contributed by atoms with Crippen molar-refractivity contribution in [3.63, 3.8) is 0 Å². The van der Waals surface area contributed by atoms with Crippen molar-refractivity contribution in [3.8, 4) is 11.1 Å². The second-order valence-corrected chi connectivity index (χ2v) is 3.85. The van der Waals surface area contributed by atoms with Gasteiger partial charge in [0.25, 0.3) is 0 Å². The summed E-state index contributed by atoms with van der Waals surface area (Å²) in [6.07, 6.45) is 2.13. The van der Waals surface area contributed by atoms with Gasteiger partial charge in [0.1, 0.15) is 0 Å². The molecule has 2 rings (SSSR count). The summed E-state index contributed by atoms with van der Waals surface area (Å²) >= 11 is 0. The first-order chi connectivity index (χ1) is 7.22. The lowest BCUT2D eigenvalue weighted by Crippen LogP contribution is -2.01. The van der Waals surface area contributed by atoms with E-state index in [1.807, 2.05) is 7.05 Å². The minimum absolute atomic E-state index is 0.586. The van der Waals surface area contributed by atoms with Gasteiger partial charge in [-0.05, 0) is 29.7 Å². The van der Waals surface area contributed by atoms with Crippen molar-refractivity contribution >= 4 is 0 Å². The van der Waals surface area contributed by atoms with Gasteiger partial charge in [0.15, 0.2) is 0 Å². The fourth-order valence-electron chi connectivity index (χ4n) is 1.86. The molecule has 0 aliphatic heterocycles. The summed E-state index contributed by atoms with van der Waals surface area (Å²) in [5, 5.41) is 0. The van der Waals surface area contributed by atoms with Crippen LogP contribution >= 0.6 is 0 Å². The molecule has 0 radical (unpaired) electrons. The van der Waals surface area contributed by atoms with E-state index in [2.05, 4.69) is 48.0 Å². The van der Waals surface area contributed by atoms with Crippen LogP contribution in [0.5, 0.6) is 0 Å². The van der Waals surface area contributed by atoms with Crippen LogP contribution in [-0.2, 0) is 13.6 Å². The van der Waals surface area contributed by atoms with Crippen LogP contribution in [0.1, 0.15) is 11.3 Å². The second-order valence-electron chi connectivity index (χ2n) is 3.85. The average Bonchev–Trinajstić information content (AvgIpc) is 2.60. The summed E-state index contributed by atoms with van der Waals surface area (Å²) in [5.74, 6) is 0. The summed E-state index contributed by atoms with van der Waals surface area (Å²) in [7, 11) is 2.03. The van der Waals surface area contributed by atoms with Crippen LogP contribution in [0.3, 0.4) is 0 Å². The maximum absolute atomic E-state index is 5.66. The van der Waals surface area contributed by atoms with Crippen molar-refractivity contribution in [2.75, 3.05) is 0 Å². The van der Waals surface area contributed by atoms with E-state index >= 15 is 0 Å². The van der Waals surface area contributed by atoms with Crippen molar-refractivity contribution in [3.05, 3.63) is 47.8 Å². The number of nitrogens with zero attached hydrogens (tertiary/aromatic N) is 1. The molecule has 0 amide bonds. The van der Waals surface area contributed by atoms with Crippen molar-refractivity contribution in [2.45, 2.75) is 13.5 Å². The molecule has 2 nitrogen and oxygen atoms in total. The zero-order valence-corrected chi connectivity index (χ0v) is 9.20. The highest BCUT2D eigenvalue weighted by Gasteiger charge is 2.05. The Labute approximate surface area is 90.3 Å². The summed E-state index contributed by atoms with van der Waals surface area (Å²) in [4.78, 5) is 0. The van der Waals surface area contributed by atoms with Gasteiger partial charge < -0.3 is 10.3 Å². The Morgan fingerprint density at radius 2 is 2.00 bits per heavy atom. The number of aryl methyl sites for hydroxylation is 2. The lowest BCUT2D eigenvalue weighted by molar-refractivity contribution is 0.824. The first-order valence-corrected chi connectivity index (χ1v) is 5.13. The van der Waals surface area contributed by atoms with Crippen molar-refractivity contribution in [2.24, 2.45) is 12.8 Å². The van der Waals surface area contributed by atoms with E-state index in [9.17, 15) is 0 Å². The molecule has 1 aromatic carbocycles. The third kappa shape index (κ3) is 1.81. The number of hydrogen-bond donors (Lipinski definition) is 1. The normalized spacial score (nSPS) is 10.6. The second kappa shape index (κ2) is 3.91. The molecule has 0 atom stereocenters. The quantitative estimate of drug-likeness (QED) is 0.793. The highest BCUT2D eigenvalue weighted by atomic mass is 14.9. The van der Waals surface area contributed by atoms with Gasteiger partial charge in [0.2, 0.25) is 0 Å². The zero-order valence-electron chi connectivity index (χ0n) is 9.20. The molecule has 0 saturated heterocycles. The van der Waals surface area contributed by atoms with E-state index in [1.165, 1.54) is 16.7 Å². The SMILES string of the molecule is Cc1ccccc1-c1cc(CN)n(C)c1. The summed E-state index contributed by atoms with van der Waals surface area (Å²) < 4.78 is 2.09. The Morgan fingerprint density at radius 1 is 1.27 bits per heavy atom. The summed E-state index contributed by atoms with van der Waals surface area (Å²) in [6.45, 7) is 2.72. The molecule has 0 fully saturated rings. The smallest absolute Gasteiger partial charge is 0.0334 e. The van der Waals surface area contributed by atoms with Crippen LogP contribution in [-0.4, -0.2) is 4.57 Å². The molecule has 15 heavy (non-hydrogen) atoms. The molecule has 2 N–H and O–H groups in total. The Balaban J connectivity index is 2.50. The molecule has 0 saturated carbocycles. The summed E-state index contributed by atoms with van der Waals surface area (Å²) in [5.41, 5.74) is 10.6. The average molecular weight is 200 g/mol. The predicted molar refractivity (Wildman–Crippen MR) is 63.5 cm³/mol. The van der Waals surface area contributed by atoms with Gasteiger partial charge >= 0.3 is 0 Å². The molecular formula is C13H16N2. The first-order valence-electron chi connectivity index (χ1n) is 5.13. The lowest BCUT2D eigenvalue weighted by Gasteiger charge is -2.01.